The molecular formula is C24H34N4O4S. The number of nitrogens with zero attached hydrogens (tertiary/aromatic N) is 2. The molecule has 3 unspecified atom stereocenters. The van der Waals surface area contributed by atoms with Crippen LogP contribution in [-0.2, 0) is 14.4 Å². The molecule has 3 saturated heterocycles. The first-order valence-corrected chi connectivity index (χ1v) is 12.7. The number of carbonyl (C=O) groups excluding carboxylic acids is 3. The van der Waals surface area contributed by atoms with Crippen LogP contribution in [-0.4, -0.2) is 77.1 Å². The first kappa shape index (κ1) is 23.9. The maximum atomic E-state index is 13.7. The molecule has 3 N–H and O–H groups in total. The number of aliphatic hydroxyl groups excluding tert-OH is 1. The van der Waals surface area contributed by atoms with E-state index < -0.39 is 22.6 Å². The lowest BCUT2D eigenvalue weighted by Crippen LogP contribution is -2.55. The number of benzene rings is 1. The third kappa shape index (κ3) is 3.60. The van der Waals surface area contributed by atoms with Crippen LogP contribution < -0.4 is 15.5 Å². The topological polar surface area (TPSA) is 102 Å². The minimum Gasteiger partial charge on any atom is -0.395 e. The quantitative estimate of drug-likeness (QED) is 0.528. The number of nitrogens with one attached hydrogen (secondary N) is 2. The second kappa shape index (κ2) is 9.18. The Bertz CT molecular complexity index is 922. The largest absolute Gasteiger partial charge is 0.395 e. The van der Waals surface area contributed by atoms with Crippen molar-refractivity contribution in [2.24, 2.45) is 17.8 Å². The molecule has 4 rings (SSSR count). The lowest BCUT2D eigenvalue weighted by atomic mass is 9.66. The number of amides is 3. The zero-order valence-corrected chi connectivity index (χ0v) is 20.5. The van der Waals surface area contributed by atoms with E-state index >= 15 is 0 Å². The second-order valence-electron chi connectivity index (χ2n) is 9.13. The highest BCUT2D eigenvalue weighted by Crippen LogP contribution is 2.68. The van der Waals surface area contributed by atoms with Crippen molar-refractivity contribution < 1.29 is 19.5 Å². The molecule has 180 valence electrons. The van der Waals surface area contributed by atoms with Crippen LogP contribution >= 0.6 is 11.8 Å². The van der Waals surface area contributed by atoms with E-state index in [1.165, 1.54) is 4.90 Å². The number of aliphatic hydroxyl groups is 1. The molecular weight excluding hydrogens is 440 g/mol. The molecule has 1 spiro atoms. The standard InChI is InChI=1S/C24H34N4O4S/c1-5-27(6-2)16-9-7-15(8-10-16)26-22(31)20-24-14(3)13-17(33-24)18(21(30)25-4)19(24)23(32)28(20)11-12-29/h7-10,14,17-20,29H,5-6,11-13H2,1-4H3,(H,25,30)(H,26,31)/t14?,17-,18+,19-,20?,24?/m0/s1. The zero-order valence-electron chi connectivity index (χ0n) is 19.7. The summed E-state index contributed by atoms with van der Waals surface area (Å²) in [5, 5.41) is 15.4. The Morgan fingerprint density at radius 1 is 1.21 bits per heavy atom. The average molecular weight is 475 g/mol. The fourth-order valence-electron chi connectivity index (χ4n) is 6.19. The van der Waals surface area contributed by atoms with Crippen molar-refractivity contribution in [2.45, 2.75) is 43.2 Å². The molecule has 0 aliphatic carbocycles. The van der Waals surface area contributed by atoms with Gasteiger partial charge in [0.05, 0.1) is 23.2 Å². The Labute approximate surface area is 199 Å². The Morgan fingerprint density at radius 3 is 2.45 bits per heavy atom. The fourth-order valence-corrected chi connectivity index (χ4v) is 8.61. The van der Waals surface area contributed by atoms with Gasteiger partial charge in [-0.25, -0.2) is 0 Å². The minimum absolute atomic E-state index is 0.0221. The van der Waals surface area contributed by atoms with E-state index in [0.29, 0.717) is 5.69 Å². The van der Waals surface area contributed by atoms with Crippen molar-refractivity contribution in [3.05, 3.63) is 24.3 Å². The number of likely N-dealkylation sites (tertiary alicyclic amines) is 1. The minimum atomic E-state index is -0.732. The van der Waals surface area contributed by atoms with Gasteiger partial charge in [0.15, 0.2) is 0 Å². The van der Waals surface area contributed by atoms with Gasteiger partial charge in [-0.3, -0.25) is 14.4 Å². The molecule has 0 aromatic heterocycles. The molecule has 3 heterocycles. The van der Waals surface area contributed by atoms with Crippen molar-refractivity contribution >= 4 is 40.9 Å². The molecule has 3 fully saturated rings. The highest BCUT2D eigenvalue weighted by molar-refractivity contribution is 8.02. The SMILES string of the molecule is CCN(CC)c1ccc(NC(=O)C2N(CCO)C(=O)[C@@H]3[C@H](C(=O)NC)[C@@H]4CC(C)C23S4)cc1. The number of thioether (sulfide) groups is 1. The molecule has 3 aliphatic heterocycles. The number of hydrogen-bond donors (Lipinski definition) is 3. The molecule has 1 aromatic carbocycles. The highest BCUT2D eigenvalue weighted by atomic mass is 32.2. The Kier molecular flexibility index (Phi) is 6.64. The number of rotatable bonds is 8. The van der Waals surface area contributed by atoms with E-state index in [1.807, 2.05) is 24.3 Å². The summed E-state index contributed by atoms with van der Waals surface area (Å²) in [6.45, 7) is 7.92. The predicted molar refractivity (Wildman–Crippen MR) is 130 cm³/mol. The van der Waals surface area contributed by atoms with E-state index in [0.717, 1.165) is 25.2 Å². The van der Waals surface area contributed by atoms with Gasteiger partial charge in [-0.05, 0) is 50.5 Å². The first-order valence-electron chi connectivity index (χ1n) is 11.8. The van der Waals surface area contributed by atoms with Gasteiger partial charge in [0.25, 0.3) is 0 Å². The van der Waals surface area contributed by atoms with Crippen molar-refractivity contribution in [2.75, 3.05) is 43.5 Å². The Balaban J connectivity index is 1.64. The molecule has 0 saturated carbocycles. The number of β-amino-alcohol motifs (C(OH)–C–C–N with tert-alkyl or cyclic N) is 1. The molecule has 6 atom stereocenters. The fraction of sp³-hybridized carbons (Fsp3) is 0.625. The van der Waals surface area contributed by atoms with Crippen LogP contribution in [0.5, 0.6) is 0 Å². The van der Waals surface area contributed by atoms with E-state index in [4.69, 9.17) is 0 Å². The molecule has 3 aliphatic rings. The van der Waals surface area contributed by atoms with Gasteiger partial charge >= 0.3 is 0 Å². The third-order valence-corrected chi connectivity index (χ3v) is 9.72. The van der Waals surface area contributed by atoms with Crippen molar-refractivity contribution in [3.63, 3.8) is 0 Å². The molecule has 1 aromatic rings. The summed E-state index contributed by atoms with van der Waals surface area (Å²) in [4.78, 5) is 43.7. The number of hydrogen-bond acceptors (Lipinski definition) is 6. The summed E-state index contributed by atoms with van der Waals surface area (Å²) < 4.78 is -0.667. The van der Waals surface area contributed by atoms with Gasteiger partial charge in [0.1, 0.15) is 6.04 Å². The smallest absolute Gasteiger partial charge is 0.248 e. The van der Waals surface area contributed by atoms with Crippen molar-refractivity contribution in [3.8, 4) is 0 Å². The van der Waals surface area contributed by atoms with Gasteiger partial charge < -0.3 is 25.5 Å². The van der Waals surface area contributed by atoms with E-state index in [9.17, 15) is 19.5 Å². The van der Waals surface area contributed by atoms with Crippen LogP contribution in [0.2, 0.25) is 0 Å². The lowest BCUT2D eigenvalue weighted by molar-refractivity contribution is -0.139. The van der Waals surface area contributed by atoms with Gasteiger partial charge in [-0.2, -0.15) is 0 Å². The van der Waals surface area contributed by atoms with Gasteiger partial charge in [-0.15, -0.1) is 11.8 Å². The summed E-state index contributed by atoms with van der Waals surface area (Å²) >= 11 is 1.63. The maximum Gasteiger partial charge on any atom is 0.248 e. The monoisotopic (exact) mass is 474 g/mol. The summed E-state index contributed by atoms with van der Waals surface area (Å²) in [6.07, 6.45) is 0.793. The summed E-state index contributed by atoms with van der Waals surface area (Å²) in [5.41, 5.74) is 1.75. The van der Waals surface area contributed by atoms with Crippen LogP contribution in [0, 0.1) is 17.8 Å². The highest BCUT2D eigenvalue weighted by Gasteiger charge is 2.75. The van der Waals surface area contributed by atoms with Crippen molar-refractivity contribution in [1.82, 2.24) is 10.2 Å². The van der Waals surface area contributed by atoms with Crippen LogP contribution in [0.15, 0.2) is 24.3 Å². The second-order valence-corrected chi connectivity index (χ2v) is 10.7. The Hall–Kier alpha value is -2.26. The van der Waals surface area contributed by atoms with Gasteiger partial charge in [0, 0.05) is 43.3 Å². The normalized spacial score (nSPS) is 32.1. The third-order valence-electron chi connectivity index (χ3n) is 7.65. The number of anilines is 2. The first-order chi connectivity index (χ1) is 15.8. The average Bonchev–Trinajstić information content (AvgIpc) is 3.39. The van der Waals surface area contributed by atoms with Crippen molar-refractivity contribution in [1.29, 1.82) is 0 Å². The lowest BCUT2D eigenvalue weighted by Gasteiger charge is -2.38. The number of carbonyl (C=O) groups is 3. The summed E-state index contributed by atoms with van der Waals surface area (Å²) in [5.74, 6) is -1.49. The van der Waals surface area contributed by atoms with Crippen LogP contribution in [0.1, 0.15) is 27.2 Å². The van der Waals surface area contributed by atoms with Gasteiger partial charge in [0.2, 0.25) is 17.7 Å². The molecule has 0 radical (unpaired) electrons. The Morgan fingerprint density at radius 2 is 1.88 bits per heavy atom. The van der Waals surface area contributed by atoms with Crippen LogP contribution in [0.3, 0.4) is 0 Å². The predicted octanol–water partition coefficient (Wildman–Crippen LogP) is 1.55. The zero-order chi connectivity index (χ0) is 23.9. The van der Waals surface area contributed by atoms with Crippen LogP contribution in [0.4, 0.5) is 11.4 Å². The molecule has 9 heteroatoms. The molecule has 8 nitrogen and oxygen atoms in total. The summed E-state index contributed by atoms with van der Waals surface area (Å²) in [7, 11) is 1.59. The summed E-state index contributed by atoms with van der Waals surface area (Å²) in [6, 6.07) is 6.99. The van der Waals surface area contributed by atoms with Crippen LogP contribution in [0.25, 0.3) is 0 Å². The van der Waals surface area contributed by atoms with E-state index in [1.54, 1.807) is 18.8 Å². The number of fused-ring (bicyclic) bond motifs is 1. The molecule has 2 bridgehead atoms. The maximum absolute atomic E-state index is 13.7. The van der Waals surface area contributed by atoms with E-state index in [-0.39, 0.29) is 42.0 Å². The molecule has 3 amide bonds. The van der Waals surface area contributed by atoms with E-state index in [2.05, 4.69) is 36.3 Å². The van der Waals surface area contributed by atoms with Gasteiger partial charge in [-0.1, -0.05) is 6.92 Å². The molecule has 33 heavy (non-hydrogen) atoms.